The van der Waals surface area contributed by atoms with Crippen LogP contribution in [-0.4, -0.2) is 22.6 Å². The molecule has 4 aliphatic heterocycles. The molecule has 4 bridgehead atoms. The van der Waals surface area contributed by atoms with Crippen LogP contribution in [0.4, 0.5) is 0 Å². The van der Waals surface area contributed by atoms with Crippen LogP contribution in [-0.2, 0) is 0 Å². The summed E-state index contributed by atoms with van der Waals surface area (Å²) in [6.07, 6.45) is 32.7. The van der Waals surface area contributed by atoms with Gasteiger partial charge in [0.05, 0.1) is 0 Å². The van der Waals surface area contributed by atoms with Crippen LogP contribution < -0.4 is 0 Å². The molecular formula is C24H42P2. The van der Waals surface area contributed by atoms with Crippen molar-refractivity contribution in [3.05, 3.63) is 24.3 Å². The largest absolute Gasteiger partial charge is 0.116 e. The fraction of sp³-hybridized carbons (Fsp3) is 0.833. The van der Waals surface area contributed by atoms with Crippen molar-refractivity contribution in [2.75, 3.05) is 0 Å². The molecule has 4 fully saturated rings. The van der Waals surface area contributed by atoms with Crippen molar-refractivity contribution in [1.29, 1.82) is 0 Å². The molecule has 26 heavy (non-hydrogen) atoms. The maximum absolute atomic E-state index is 2.27. The predicted molar refractivity (Wildman–Crippen MR) is 124 cm³/mol. The molecule has 0 radical (unpaired) electrons. The standard InChI is InChI=1S/2C8H15P.C8H12/c1-3-7-5-2-6-8(4-1)9-7;1-2-4-8-6-5-7(3-1)9-8;1-2-4-6-8-7-5-3-1/h2*7-9H,1-6H2;1-2,7-8H,3-6H2/b;;2-1-,8-7?. The Hall–Kier alpha value is 0.340. The molecule has 2 atom stereocenters. The smallest absolute Gasteiger partial charge is 0.0234 e. The Bertz CT molecular complexity index is 362. The molecule has 1 aliphatic carbocycles. The van der Waals surface area contributed by atoms with Crippen LogP contribution in [0.3, 0.4) is 0 Å². The Morgan fingerprint density at radius 3 is 1.08 bits per heavy atom. The molecule has 4 heterocycles. The van der Waals surface area contributed by atoms with Gasteiger partial charge in [-0.15, -0.1) is 17.2 Å². The van der Waals surface area contributed by atoms with E-state index in [0.717, 1.165) is 0 Å². The summed E-state index contributed by atoms with van der Waals surface area (Å²) in [5.41, 5.74) is 4.71. The maximum atomic E-state index is 2.27. The molecule has 2 heteroatoms. The van der Waals surface area contributed by atoms with Gasteiger partial charge in [-0.2, -0.15) is 0 Å². The van der Waals surface area contributed by atoms with E-state index in [1.54, 1.807) is 64.2 Å². The van der Waals surface area contributed by atoms with Gasteiger partial charge in [-0.25, -0.2) is 0 Å². The van der Waals surface area contributed by atoms with Crippen molar-refractivity contribution < 1.29 is 0 Å². The van der Waals surface area contributed by atoms with E-state index in [1.165, 1.54) is 78.3 Å². The van der Waals surface area contributed by atoms with Crippen LogP contribution in [0.25, 0.3) is 0 Å². The number of rotatable bonds is 0. The molecular weight excluding hydrogens is 350 g/mol. The topological polar surface area (TPSA) is 0 Å². The molecule has 0 saturated carbocycles. The van der Waals surface area contributed by atoms with Gasteiger partial charge in [0.2, 0.25) is 0 Å². The van der Waals surface area contributed by atoms with Gasteiger partial charge in [0.15, 0.2) is 0 Å². The Kier molecular flexibility index (Phi) is 10.3. The van der Waals surface area contributed by atoms with E-state index in [4.69, 9.17) is 0 Å². The van der Waals surface area contributed by atoms with Gasteiger partial charge >= 0.3 is 0 Å². The summed E-state index contributed by atoms with van der Waals surface area (Å²) in [4.78, 5) is 0. The Morgan fingerprint density at radius 2 is 0.692 bits per heavy atom. The highest BCUT2D eigenvalue weighted by Crippen LogP contribution is 2.47. The zero-order valence-electron chi connectivity index (χ0n) is 16.9. The Morgan fingerprint density at radius 1 is 0.385 bits per heavy atom. The van der Waals surface area contributed by atoms with Crippen LogP contribution in [0.15, 0.2) is 24.3 Å². The summed E-state index contributed by atoms with van der Waals surface area (Å²) < 4.78 is 0. The number of hydrogen-bond donors (Lipinski definition) is 0. The lowest BCUT2D eigenvalue weighted by Crippen LogP contribution is -2.20. The van der Waals surface area contributed by atoms with E-state index >= 15 is 0 Å². The monoisotopic (exact) mass is 392 g/mol. The third-order valence-corrected chi connectivity index (χ3v) is 10.9. The van der Waals surface area contributed by atoms with Gasteiger partial charge in [-0.1, -0.05) is 50.0 Å². The fourth-order valence-electron chi connectivity index (χ4n) is 5.17. The molecule has 0 nitrogen and oxygen atoms in total. The minimum absolute atomic E-state index is 1.18. The highest BCUT2D eigenvalue weighted by molar-refractivity contribution is 7.40. The SMILES string of the molecule is C1=CCC/C=C\CC1.C1CC2CCCC(C1)P2.C1CCC2CCC(C1)P2. The van der Waals surface area contributed by atoms with Crippen molar-refractivity contribution in [2.24, 2.45) is 0 Å². The second kappa shape index (κ2) is 12.7. The van der Waals surface area contributed by atoms with Gasteiger partial charge in [0, 0.05) is 0 Å². The lowest BCUT2D eigenvalue weighted by atomic mass is 9.99. The quantitative estimate of drug-likeness (QED) is 0.288. The minimum atomic E-state index is 1.18. The molecule has 0 aromatic carbocycles. The van der Waals surface area contributed by atoms with Crippen molar-refractivity contribution >= 4 is 17.2 Å². The first-order chi connectivity index (χ1) is 12.9. The van der Waals surface area contributed by atoms with Crippen molar-refractivity contribution in [3.8, 4) is 0 Å². The van der Waals surface area contributed by atoms with Gasteiger partial charge in [0.25, 0.3) is 0 Å². The maximum Gasteiger partial charge on any atom is -0.0234 e. The first-order valence-corrected chi connectivity index (χ1v) is 14.0. The van der Waals surface area contributed by atoms with E-state index < -0.39 is 0 Å². The van der Waals surface area contributed by atoms with Crippen molar-refractivity contribution in [1.82, 2.24) is 0 Å². The molecule has 5 aliphatic rings. The highest BCUT2D eigenvalue weighted by atomic mass is 31.1. The summed E-state index contributed by atoms with van der Waals surface area (Å²) in [7, 11) is 2.71. The lowest BCUT2D eigenvalue weighted by molar-refractivity contribution is 0.483. The van der Waals surface area contributed by atoms with Crippen LogP contribution in [0.5, 0.6) is 0 Å². The first kappa shape index (κ1) is 21.1. The molecule has 148 valence electrons. The minimum Gasteiger partial charge on any atom is -0.116 e. The molecule has 5 rings (SSSR count). The Balaban J connectivity index is 0.000000113. The van der Waals surface area contributed by atoms with Gasteiger partial charge in [0.1, 0.15) is 0 Å². The molecule has 0 amide bonds. The molecule has 0 aromatic heterocycles. The summed E-state index contributed by atoms with van der Waals surface area (Å²) in [6, 6.07) is 0. The molecule has 0 spiro atoms. The summed E-state index contributed by atoms with van der Waals surface area (Å²) >= 11 is 0. The summed E-state index contributed by atoms with van der Waals surface area (Å²) in [5.74, 6) is 0. The Labute approximate surface area is 167 Å². The third kappa shape index (κ3) is 8.15. The fourth-order valence-corrected chi connectivity index (χ4v) is 9.40. The van der Waals surface area contributed by atoms with Crippen LogP contribution in [0.2, 0.25) is 0 Å². The van der Waals surface area contributed by atoms with Crippen LogP contribution in [0, 0.1) is 0 Å². The van der Waals surface area contributed by atoms with Crippen LogP contribution >= 0.6 is 17.2 Å². The average Bonchev–Trinajstić information content (AvgIpc) is 2.93. The van der Waals surface area contributed by atoms with Crippen molar-refractivity contribution in [3.63, 3.8) is 0 Å². The van der Waals surface area contributed by atoms with Gasteiger partial charge < -0.3 is 0 Å². The molecule has 0 N–H and O–H groups in total. The zero-order chi connectivity index (χ0) is 17.9. The number of fused-ring (bicyclic) bond motifs is 4. The summed E-state index contributed by atoms with van der Waals surface area (Å²) in [6.45, 7) is 0. The van der Waals surface area contributed by atoms with Crippen LogP contribution in [0.1, 0.15) is 103 Å². The molecule has 4 saturated heterocycles. The highest BCUT2D eigenvalue weighted by Gasteiger charge is 2.26. The van der Waals surface area contributed by atoms with Crippen molar-refractivity contribution in [2.45, 2.75) is 125 Å². The molecule has 0 aromatic rings. The third-order valence-electron chi connectivity index (χ3n) is 6.71. The normalized spacial score (nSPS) is 38.8. The van der Waals surface area contributed by atoms with E-state index in [1.807, 2.05) is 0 Å². The number of hydrogen-bond acceptors (Lipinski definition) is 0. The lowest BCUT2D eigenvalue weighted by Gasteiger charge is -2.34. The van der Waals surface area contributed by atoms with E-state index in [0.29, 0.717) is 0 Å². The van der Waals surface area contributed by atoms with E-state index in [2.05, 4.69) is 24.3 Å². The average molecular weight is 393 g/mol. The van der Waals surface area contributed by atoms with Gasteiger partial charge in [-0.3, -0.25) is 0 Å². The van der Waals surface area contributed by atoms with Gasteiger partial charge in [-0.05, 0) is 99.7 Å². The first-order valence-electron chi connectivity index (χ1n) is 11.7. The predicted octanol–water partition coefficient (Wildman–Crippen LogP) is 8.21. The second-order valence-corrected chi connectivity index (χ2v) is 12.9. The summed E-state index contributed by atoms with van der Waals surface area (Å²) in [5, 5.41) is 0. The number of allylic oxidation sites excluding steroid dienone is 4. The zero-order valence-corrected chi connectivity index (χ0v) is 18.9. The molecule has 2 unspecified atom stereocenters. The second-order valence-electron chi connectivity index (χ2n) is 8.94. The van der Waals surface area contributed by atoms with E-state index in [-0.39, 0.29) is 0 Å². The van der Waals surface area contributed by atoms with E-state index in [9.17, 15) is 0 Å².